The van der Waals surface area contributed by atoms with Crippen LogP contribution in [0.3, 0.4) is 0 Å². The molecule has 3 heteroatoms. The number of fused-ring (bicyclic) bond motifs is 3. The molecule has 0 aliphatic carbocycles. The average Bonchev–Trinajstić information content (AvgIpc) is 3.29. The van der Waals surface area contributed by atoms with E-state index in [0.29, 0.717) is 0 Å². The third kappa shape index (κ3) is 2.58. The largest absolute Gasteiger partial charge is 0.456 e. The first-order valence-corrected chi connectivity index (χ1v) is 10.7. The minimum absolute atomic E-state index is 0.895. The highest BCUT2D eigenvalue weighted by Crippen LogP contribution is 2.47. The van der Waals surface area contributed by atoms with Gasteiger partial charge >= 0.3 is 0 Å². The first kappa shape index (κ1) is 17.3. The zero-order valence-corrected chi connectivity index (χ0v) is 17.2. The van der Waals surface area contributed by atoms with Crippen LogP contribution in [0.1, 0.15) is 0 Å². The molecule has 0 spiro atoms. The van der Waals surface area contributed by atoms with Gasteiger partial charge in [0.15, 0.2) is 0 Å². The van der Waals surface area contributed by atoms with Gasteiger partial charge in [0.1, 0.15) is 17.1 Å². The van der Waals surface area contributed by atoms with E-state index in [1.807, 2.05) is 34.9 Å². The lowest BCUT2D eigenvalue weighted by Gasteiger charge is -2.22. The summed E-state index contributed by atoms with van der Waals surface area (Å²) in [6, 6.07) is 33.7. The molecule has 4 aromatic carbocycles. The van der Waals surface area contributed by atoms with Crippen LogP contribution in [-0.2, 0) is 0 Å². The second kappa shape index (κ2) is 6.56. The number of aromatic nitrogens is 2. The van der Waals surface area contributed by atoms with Crippen LogP contribution in [0.25, 0.3) is 49.9 Å². The van der Waals surface area contributed by atoms with Crippen molar-refractivity contribution in [2.75, 3.05) is 0 Å². The van der Waals surface area contributed by atoms with E-state index in [4.69, 9.17) is 9.72 Å². The molecule has 2 aromatic heterocycles. The summed E-state index contributed by atoms with van der Waals surface area (Å²) in [7, 11) is 0. The Hall–Kier alpha value is -4.37. The van der Waals surface area contributed by atoms with Crippen molar-refractivity contribution in [2.24, 2.45) is 0 Å². The fourth-order valence-electron chi connectivity index (χ4n) is 4.68. The molecular formula is C29H18N2O. The number of pyridine rings is 1. The number of hydrogen-bond acceptors (Lipinski definition) is 2. The maximum Gasteiger partial charge on any atom is 0.137 e. The molecule has 1 aliphatic heterocycles. The summed E-state index contributed by atoms with van der Waals surface area (Å²) in [5.74, 6) is 1.81. The Morgan fingerprint density at radius 2 is 1.47 bits per heavy atom. The van der Waals surface area contributed by atoms with Gasteiger partial charge in [-0.05, 0) is 58.5 Å². The molecule has 0 fully saturated rings. The van der Waals surface area contributed by atoms with Crippen LogP contribution in [0, 0.1) is 0 Å². The monoisotopic (exact) mass is 410 g/mol. The minimum Gasteiger partial charge on any atom is -0.456 e. The molecule has 0 saturated heterocycles. The second-order valence-corrected chi connectivity index (χ2v) is 8.15. The standard InChI is InChI=1S/C29H18N2O/c1-2-15-31-18-25(30-28(31)12-1)22-9-3-8-20(16-22)21-13-14-23-24-10-4-6-19-7-5-11-26(29(19)24)32-27(23)17-21/h1-18H. The van der Waals surface area contributed by atoms with Crippen molar-refractivity contribution in [1.82, 2.24) is 9.38 Å². The molecule has 32 heavy (non-hydrogen) atoms. The fraction of sp³-hybridized carbons (Fsp3) is 0. The minimum atomic E-state index is 0.895. The highest BCUT2D eigenvalue weighted by molar-refractivity contribution is 6.04. The predicted octanol–water partition coefficient (Wildman–Crippen LogP) is 7.59. The van der Waals surface area contributed by atoms with Gasteiger partial charge < -0.3 is 9.14 Å². The number of benzene rings is 4. The van der Waals surface area contributed by atoms with Crippen molar-refractivity contribution < 1.29 is 4.74 Å². The van der Waals surface area contributed by atoms with Crippen LogP contribution in [0.4, 0.5) is 0 Å². The Morgan fingerprint density at radius 3 is 2.41 bits per heavy atom. The molecule has 0 unspecified atom stereocenters. The third-order valence-corrected chi connectivity index (χ3v) is 6.21. The molecule has 1 aliphatic rings. The molecule has 3 nitrogen and oxygen atoms in total. The molecular weight excluding hydrogens is 392 g/mol. The summed E-state index contributed by atoms with van der Waals surface area (Å²) < 4.78 is 8.40. The van der Waals surface area contributed by atoms with Crippen molar-refractivity contribution in [1.29, 1.82) is 0 Å². The molecule has 0 atom stereocenters. The molecule has 0 N–H and O–H groups in total. The van der Waals surface area contributed by atoms with Crippen molar-refractivity contribution in [2.45, 2.75) is 0 Å². The van der Waals surface area contributed by atoms with Gasteiger partial charge in [-0.2, -0.15) is 0 Å². The maximum absolute atomic E-state index is 6.35. The first-order valence-electron chi connectivity index (χ1n) is 10.7. The molecule has 3 heterocycles. The Balaban J connectivity index is 1.33. The first-order chi connectivity index (χ1) is 15.8. The summed E-state index contributed by atoms with van der Waals surface area (Å²) in [6.45, 7) is 0. The normalized spacial score (nSPS) is 12.0. The fourth-order valence-corrected chi connectivity index (χ4v) is 4.68. The Labute approximate surface area is 185 Å². The summed E-state index contributed by atoms with van der Waals surface area (Å²) >= 11 is 0. The number of hydrogen-bond donors (Lipinski definition) is 0. The van der Waals surface area contributed by atoms with Gasteiger partial charge in [0.05, 0.1) is 5.69 Å². The van der Waals surface area contributed by atoms with Gasteiger partial charge in [0.2, 0.25) is 0 Å². The lowest BCUT2D eigenvalue weighted by molar-refractivity contribution is 0.487. The lowest BCUT2D eigenvalue weighted by atomic mass is 9.92. The van der Waals surface area contributed by atoms with Crippen LogP contribution in [-0.4, -0.2) is 9.38 Å². The summed E-state index contributed by atoms with van der Waals surface area (Å²) in [5, 5.41) is 2.39. The summed E-state index contributed by atoms with van der Waals surface area (Å²) in [6.07, 6.45) is 4.09. The molecule has 0 amide bonds. The maximum atomic E-state index is 6.35. The van der Waals surface area contributed by atoms with Crippen molar-refractivity contribution in [3.63, 3.8) is 0 Å². The molecule has 0 radical (unpaired) electrons. The van der Waals surface area contributed by atoms with Gasteiger partial charge in [0.25, 0.3) is 0 Å². The van der Waals surface area contributed by atoms with Crippen molar-refractivity contribution in [3.05, 3.63) is 109 Å². The van der Waals surface area contributed by atoms with E-state index in [-0.39, 0.29) is 0 Å². The number of ether oxygens (including phenoxy) is 1. The van der Waals surface area contributed by atoms with E-state index in [2.05, 4.69) is 79.0 Å². The number of rotatable bonds is 2. The van der Waals surface area contributed by atoms with Crippen LogP contribution in [0.2, 0.25) is 0 Å². The Bertz CT molecular complexity index is 1620. The zero-order valence-electron chi connectivity index (χ0n) is 17.2. The summed E-state index contributed by atoms with van der Waals surface area (Å²) in [5.41, 5.74) is 7.64. The molecule has 7 rings (SSSR count). The van der Waals surface area contributed by atoms with Gasteiger partial charge in [-0.3, -0.25) is 0 Å². The van der Waals surface area contributed by atoms with E-state index < -0.39 is 0 Å². The zero-order chi connectivity index (χ0) is 21.1. The number of nitrogens with zero attached hydrogens (tertiary/aromatic N) is 2. The van der Waals surface area contributed by atoms with Crippen LogP contribution < -0.4 is 4.74 Å². The second-order valence-electron chi connectivity index (χ2n) is 8.15. The third-order valence-electron chi connectivity index (χ3n) is 6.21. The van der Waals surface area contributed by atoms with Gasteiger partial charge in [-0.1, -0.05) is 60.7 Å². The van der Waals surface area contributed by atoms with E-state index in [1.165, 1.54) is 16.3 Å². The van der Waals surface area contributed by atoms with Crippen LogP contribution in [0.5, 0.6) is 11.5 Å². The highest BCUT2D eigenvalue weighted by Gasteiger charge is 2.20. The highest BCUT2D eigenvalue weighted by atomic mass is 16.5. The number of imidazole rings is 1. The smallest absolute Gasteiger partial charge is 0.137 e. The Morgan fingerprint density at radius 1 is 0.625 bits per heavy atom. The van der Waals surface area contributed by atoms with Gasteiger partial charge in [0, 0.05) is 28.9 Å². The molecule has 0 bridgehead atoms. The van der Waals surface area contributed by atoms with Crippen LogP contribution in [0.15, 0.2) is 109 Å². The van der Waals surface area contributed by atoms with E-state index >= 15 is 0 Å². The predicted molar refractivity (Wildman–Crippen MR) is 129 cm³/mol. The topological polar surface area (TPSA) is 26.5 Å². The van der Waals surface area contributed by atoms with Crippen molar-refractivity contribution in [3.8, 4) is 45.0 Å². The van der Waals surface area contributed by atoms with E-state index in [9.17, 15) is 0 Å². The molecule has 6 aromatic rings. The van der Waals surface area contributed by atoms with Gasteiger partial charge in [-0.25, -0.2) is 4.98 Å². The summed E-state index contributed by atoms with van der Waals surface area (Å²) in [4.78, 5) is 4.77. The Kier molecular flexibility index (Phi) is 3.55. The average molecular weight is 410 g/mol. The quantitative estimate of drug-likeness (QED) is 0.293. The molecule has 0 saturated carbocycles. The van der Waals surface area contributed by atoms with Crippen molar-refractivity contribution >= 4 is 16.4 Å². The van der Waals surface area contributed by atoms with Crippen LogP contribution >= 0.6 is 0 Å². The van der Waals surface area contributed by atoms with Gasteiger partial charge in [-0.15, -0.1) is 0 Å². The molecule has 150 valence electrons. The van der Waals surface area contributed by atoms with E-state index in [1.54, 1.807) is 0 Å². The van der Waals surface area contributed by atoms with E-state index in [0.717, 1.165) is 45.1 Å². The SMILES string of the molecule is c1cc(-c2ccc3c(c2)Oc2cccc4cccc-3c24)cc(-c2cn3ccccc3n2)c1. The lowest BCUT2D eigenvalue weighted by Crippen LogP contribution is -1.97.